The fourth-order valence-electron chi connectivity index (χ4n) is 3.90. The van der Waals surface area contributed by atoms with E-state index in [9.17, 15) is 13.6 Å². The molecule has 1 saturated heterocycles. The number of carbonyl (C=O) groups is 1. The van der Waals surface area contributed by atoms with Crippen LogP contribution >= 0.6 is 11.3 Å². The largest absolute Gasteiger partial charge is 0.488 e. The minimum atomic E-state index is -3.01. The van der Waals surface area contributed by atoms with Gasteiger partial charge in [-0.2, -0.15) is 0 Å². The Morgan fingerprint density at radius 3 is 2.90 bits per heavy atom. The SMILES string of the molecule is Cc1ncc(COc2ccc3oc(C)c(C(N)=O)c3c2C2CCNCC2(F)F)s1. The summed E-state index contributed by atoms with van der Waals surface area (Å²) in [6.07, 6.45) is 1.90. The maximum atomic E-state index is 14.9. The summed E-state index contributed by atoms with van der Waals surface area (Å²) in [5, 5.41) is 3.95. The van der Waals surface area contributed by atoms with Gasteiger partial charge in [0.25, 0.3) is 11.8 Å². The monoisotopic (exact) mass is 421 g/mol. The highest BCUT2D eigenvalue weighted by atomic mass is 32.1. The number of nitrogens with two attached hydrogens (primary N) is 1. The molecule has 3 aromatic rings. The molecule has 29 heavy (non-hydrogen) atoms. The van der Waals surface area contributed by atoms with E-state index >= 15 is 0 Å². The number of carbonyl (C=O) groups excluding carboxylic acids is 1. The van der Waals surface area contributed by atoms with E-state index in [4.69, 9.17) is 14.9 Å². The van der Waals surface area contributed by atoms with Gasteiger partial charge in [0.1, 0.15) is 23.7 Å². The Morgan fingerprint density at radius 2 is 2.24 bits per heavy atom. The van der Waals surface area contributed by atoms with Crippen LogP contribution in [0.15, 0.2) is 22.7 Å². The second kappa shape index (κ2) is 7.38. The van der Waals surface area contributed by atoms with E-state index in [2.05, 4.69) is 10.3 Å². The van der Waals surface area contributed by atoms with Crippen molar-refractivity contribution in [2.45, 2.75) is 38.7 Å². The number of primary amides is 1. The third-order valence-corrected chi connectivity index (χ3v) is 6.03. The first kappa shape index (κ1) is 19.8. The number of furan rings is 1. The number of aromatic nitrogens is 1. The molecule has 1 aromatic carbocycles. The molecule has 1 fully saturated rings. The number of halogens is 2. The Balaban J connectivity index is 1.87. The lowest BCUT2D eigenvalue weighted by atomic mass is 9.83. The molecule has 3 N–H and O–H groups in total. The van der Waals surface area contributed by atoms with Crippen LogP contribution in [0.5, 0.6) is 5.75 Å². The van der Waals surface area contributed by atoms with E-state index in [0.717, 1.165) is 9.88 Å². The van der Waals surface area contributed by atoms with Crippen LogP contribution in [0.3, 0.4) is 0 Å². The van der Waals surface area contributed by atoms with Gasteiger partial charge in [0.2, 0.25) is 0 Å². The first-order valence-electron chi connectivity index (χ1n) is 9.26. The predicted octanol–water partition coefficient (Wildman–Crippen LogP) is 3.90. The lowest BCUT2D eigenvalue weighted by Crippen LogP contribution is -2.44. The standard InChI is InChI=1S/C20H21F2N3O3S/c1-10-16(19(23)26)18-15(28-10)4-3-14(27-8-12-7-25-11(2)29-12)17(18)13-5-6-24-9-20(13,21)22/h3-4,7,13,24H,5-6,8-9H2,1-2H3,(H2,23,26). The molecule has 1 aliphatic rings. The van der Waals surface area contributed by atoms with Crippen LogP contribution in [-0.2, 0) is 6.61 Å². The molecule has 0 radical (unpaired) electrons. The van der Waals surface area contributed by atoms with Crippen LogP contribution in [0.1, 0.15) is 43.9 Å². The van der Waals surface area contributed by atoms with Gasteiger partial charge in [0.15, 0.2) is 0 Å². The number of benzene rings is 1. The summed E-state index contributed by atoms with van der Waals surface area (Å²) in [5.41, 5.74) is 6.32. The maximum Gasteiger partial charge on any atom is 0.267 e. The summed E-state index contributed by atoms with van der Waals surface area (Å²) in [7, 11) is 0. The van der Waals surface area contributed by atoms with Crippen molar-refractivity contribution >= 4 is 28.2 Å². The van der Waals surface area contributed by atoms with Gasteiger partial charge in [-0.25, -0.2) is 13.8 Å². The summed E-state index contributed by atoms with van der Waals surface area (Å²) in [6, 6.07) is 3.25. The van der Waals surface area contributed by atoms with Crippen LogP contribution in [0.25, 0.3) is 11.0 Å². The predicted molar refractivity (Wildman–Crippen MR) is 106 cm³/mol. The highest BCUT2D eigenvalue weighted by Gasteiger charge is 2.45. The third-order valence-electron chi connectivity index (χ3n) is 5.15. The van der Waals surface area contributed by atoms with Crippen LogP contribution in [0.4, 0.5) is 8.78 Å². The van der Waals surface area contributed by atoms with Gasteiger partial charge in [-0.3, -0.25) is 4.79 Å². The highest BCUT2D eigenvalue weighted by molar-refractivity contribution is 7.11. The van der Waals surface area contributed by atoms with Crippen molar-refractivity contribution in [2.24, 2.45) is 5.73 Å². The van der Waals surface area contributed by atoms with Gasteiger partial charge in [-0.05, 0) is 38.9 Å². The Kier molecular flexibility index (Phi) is 5.04. The fraction of sp³-hybridized carbons (Fsp3) is 0.400. The number of piperidine rings is 1. The van der Waals surface area contributed by atoms with Gasteiger partial charge in [-0.15, -0.1) is 11.3 Å². The summed E-state index contributed by atoms with van der Waals surface area (Å²) in [4.78, 5) is 17.2. The van der Waals surface area contributed by atoms with Crippen molar-refractivity contribution in [1.29, 1.82) is 0 Å². The molecule has 1 aliphatic heterocycles. The van der Waals surface area contributed by atoms with Gasteiger partial charge in [0.05, 0.1) is 27.9 Å². The van der Waals surface area contributed by atoms with Crippen LogP contribution in [-0.4, -0.2) is 29.9 Å². The number of amides is 1. The molecule has 2 aromatic heterocycles. The smallest absolute Gasteiger partial charge is 0.267 e. The fourth-order valence-corrected chi connectivity index (χ4v) is 4.60. The number of hydrogen-bond donors (Lipinski definition) is 2. The molecule has 0 saturated carbocycles. The molecule has 3 heterocycles. The van der Waals surface area contributed by atoms with Crippen molar-refractivity contribution in [3.63, 3.8) is 0 Å². The van der Waals surface area contributed by atoms with E-state index < -0.39 is 24.3 Å². The number of hydrogen-bond acceptors (Lipinski definition) is 6. The molecule has 6 nitrogen and oxygen atoms in total. The Labute approximate surface area is 170 Å². The molecular weight excluding hydrogens is 400 g/mol. The van der Waals surface area contributed by atoms with Gasteiger partial charge in [0, 0.05) is 17.1 Å². The molecule has 0 spiro atoms. The number of alkyl halides is 2. The summed E-state index contributed by atoms with van der Waals surface area (Å²) in [5.74, 6) is -4.23. The molecule has 154 valence electrons. The number of nitrogens with zero attached hydrogens (tertiary/aromatic N) is 1. The molecule has 1 amide bonds. The second-order valence-corrected chi connectivity index (χ2v) is 8.48. The van der Waals surface area contributed by atoms with Crippen molar-refractivity contribution in [3.8, 4) is 5.75 Å². The second-order valence-electron chi connectivity index (χ2n) is 7.16. The van der Waals surface area contributed by atoms with E-state index in [1.54, 1.807) is 25.3 Å². The normalized spacial score (nSPS) is 18.8. The average Bonchev–Trinajstić information content (AvgIpc) is 3.21. The molecule has 4 rings (SSSR count). The topological polar surface area (TPSA) is 90.4 Å². The van der Waals surface area contributed by atoms with Crippen molar-refractivity contribution in [2.75, 3.05) is 13.1 Å². The summed E-state index contributed by atoms with van der Waals surface area (Å²) in [6.45, 7) is 3.68. The van der Waals surface area contributed by atoms with Gasteiger partial charge < -0.3 is 20.2 Å². The first-order chi connectivity index (χ1) is 13.8. The summed E-state index contributed by atoms with van der Waals surface area (Å²) >= 11 is 1.48. The zero-order valence-electron chi connectivity index (χ0n) is 16.1. The molecule has 1 unspecified atom stereocenters. The van der Waals surface area contributed by atoms with E-state index in [1.807, 2.05) is 6.92 Å². The number of aryl methyl sites for hydroxylation is 2. The highest BCUT2D eigenvalue weighted by Crippen LogP contribution is 2.47. The number of nitrogens with one attached hydrogen (secondary N) is 1. The van der Waals surface area contributed by atoms with Crippen molar-refractivity contribution in [3.05, 3.63) is 45.1 Å². The Hall–Kier alpha value is -2.52. The molecule has 9 heteroatoms. The number of fused-ring (bicyclic) bond motifs is 1. The Bertz CT molecular complexity index is 1080. The lowest BCUT2D eigenvalue weighted by molar-refractivity contribution is -0.0423. The van der Waals surface area contributed by atoms with Crippen LogP contribution in [0.2, 0.25) is 0 Å². The van der Waals surface area contributed by atoms with E-state index in [-0.39, 0.29) is 24.2 Å². The van der Waals surface area contributed by atoms with Crippen molar-refractivity contribution in [1.82, 2.24) is 10.3 Å². The minimum Gasteiger partial charge on any atom is -0.488 e. The molecular formula is C20H21F2N3O3S. The number of rotatable bonds is 5. The maximum absolute atomic E-state index is 14.9. The quantitative estimate of drug-likeness (QED) is 0.652. The van der Waals surface area contributed by atoms with E-state index in [0.29, 0.717) is 29.0 Å². The number of thiazole rings is 1. The van der Waals surface area contributed by atoms with Crippen molar-refractivity contribution < 1.29 is 22.7 Å². The minimum absolute atomic E-state index is 0.128. The van der Waals surface area contributed by atoms with Gasteiger partial charge >= 0.3 is 0 Å². The molecule has 1 atom stereocenters. The first-order valence-corrected chi connectivity index (χ1v) is 10.1. The number of ether oxygens (including phenoxy) is 1. The third kappa shape index (κ3) is 3.60. The zero-order chi connectivity index (χ0) is 20.8. The molecule has 0 bridgehead atoms. The van der Waals surface area contributed by atoms with Gasteiger partial charge in [-0.1, -0.05) is 0 Å². The summed E-state index contributed by atoms with van der Waals surface area (Å²) < 4.78 is 41.4. The zero-order valence-corrected chi connectivity index (χ0v) is 16.9. The van der Waals surface area contributed by atoms with E-state index in [1.165, 1.54) is 11.3 Å². The van der Waals surface area contributed by atoms with Crippen LogP contribution < -0.4 is 15.8 Å². The average molecular weight is 421 g/mol. The Morgan fingerprint density at radius 1 is 1.45 bits per heavy atom. The molecule has 0 aliphatic carbocycles. The van der Waals surface area contributed by atoms with Crippen LogP contribution in [0, 0.1) is 13.8 Å². The lowest BCUT2D eigenvalue weighted by Gasteiger charge is -2.33.